The lowest BCUT2D eigenvalue weighted by atomic mass is 10.1. The van der Waals surface area contributed by atoms with Crippen molar-refractivity contribution >= 4 is 51.4 Å². The Labute approximate surface area is 140 Å². The van der Waals surface area contributed by atoms with Gasteiger partial charge in [-0.15, -0.1) is 0 Å². The molecule has 0 aliphatic carbocycles. The zero-order chi connectivity index (χ0) is 14.1. The van der Waals surface area contributed by atoms with E-state index in [0.29, 0.717) is 10.6 Å². The minimum Gasteiger partial charge on any atom is -0.332 e. The molecule has 0 N–H and O–H groups in total. The van der Waals surface area contributed by atoms with Crippen LogP contribution in [-0.4, -0.2) is 17.4 Å². The summed E-state index contributed by atoms with van der Waals surface area (Å²) in [5.74, 6) is 0.0806. The van der Waals surface area contributed by atoms with Gasteiger partial charge in [0.1, 0.15) is 0 Å². The number of hydrogen-bond donors (Lipinski definition) is 0. The highest BCUT2D eigenvalue weighted by molar-refractivity contribution is 14.1. The Bertz CT molecular complexity index is 629. The largest absolute Gasteiger partial charge is 0.332 e. The highest BCUT2D eigenvalue weighted by Crippen LogP contribution is 2.34. The molecule has 2 nitrogen and oxygen atoms in total. The average molecular weight is 418 g/mol. The molecule has 0 saturated carbocycles. The summed E-state index contributed by atoms with van der Waals surface area (Å²) in [5.41, 5.74) is 1.93. The van der Waals surface area contributed by atoms with E-state index in [1.165, 1.54) is 5.56 Å². The van der Waals surface area contributed by atoms with Crippen LogP contribution in [0.15, 0.2) is 35.0 Å². The van der Waals surface area contributed by atoms with Crippen molar-refractivity contribution in [2.45, 2.75) is 18.9 Å². The minimum absolute atomic E-state index is 0.0806. The van der Waals surface area contributed by atoms with Gasteiger partial charge in [-0.1, -0.05) is 11.6 Å². The van der Waals surface area contributed by atoms with Gasteiger partial charge in [-0.25, -0.2) is 0 Å². The smallest absolute Gasteiger partial charge is 0.254 e. The summed E-state index contributed by atoms with van der Waals surface area (Å²) in [6.45, 7) is 0.822. The molecule has 0 bridgehead atoms. The maximum atomic E-state index is 12.7. The van der Waals surface area contributed by atoms with Crippen molar-refractivity contribution < 1.29 is 4.79 Å². The zero-order valence-electron chi connectivity index (χ0n) is 10.7. The fourth-order valence-electron chi connectivity index (χ4n) is 2.62. The number of halogens is 2. The second-order valence-electron chi connectivity index (χ2n) is 4.84. The Morgan fingerprint density at radius 3 is 2.95 bits per heavy atom. The molecule has 1 saturated heterocycles. The molecule has 1 aliphatic heterocycles. The van der Waals surface area contributed by atoms with E-state index in [4.69, 9.17) is 11.6 Å². The van der Waals surface area contributed by atoms with Gasteiger partial charge in [0.15, 0.2) is 0 Å². The average Bonchev–Trinajstić information content (AvgIpc) is 3.10. The van der Waals surface area contributed by atoms with Crippen molar-refractivity contribution in [3.8, 4) is 0 Å². The number of likely N-dealkylation sites (tertiary alicyclic amines) is 1. The molecule has 0 radical (unpaired) electrons. The summed E-state index contributed by atoms with van der Waals surface area (Å²) in [7, 11) is 0. The zero-order valence-corrected chi connectivity index (χ0v) is 14.4. The van der Waals surface area contributed by atoms with Crippen LogP contribution in [-0.2, 0) is 0 Å². The van der Waals surface area contributed by atoms with Crippen molar-refractivity contribution in [2.75, 3.05) is 6.54 Å². The quantitative estimate of drug-likeness (QED) is 0.631. The monoisotopic (exact) mass is 417 g/mol. The molecular formula is C15H13ClINOS. The number of thiophene rings is 1. The molecular weight excluding hydrogens is 405 g/mol. The fraction of sp³-hybridized carbons (Fsp3) is 0.267. The van der Waals surface area contributed by atoms with Crippen LogP contribution in [0.4, 0.5) is 0 Å². The predicted molar refractivity (Wildman–Crippen MR) is 91.5 cm³/mol. The van der Waals surface area contributed by atoms with Crippen LogP contribution in [0, 0.1) is 3.57 Å². The molecule has 104 valence electrons. The maximum Gasteiger partial charge on any atom is 0.254 e. The molecule has 1 aliphatic rings. The summed E-state index contributed by atoms with van der Waals surface area (Å²) < 4.78 is 0.969. The van der Waals surface area contributed by atoms with Crippen molar-refractivity contribution in [1.29, 1.82) is 0 Å². The van der Waals surface area contributed by atoms with Crippen LogP contribution < -0.4 is 0 Å². The Balaban J connectivity index is 1.87. The summed E-state index contributed by atoms with van der Waals surface area (Å²) in [6.07, 6.45) is 2.10. The highest BCUT2D eigenvalue weighted by Gasteiger charge is 2.30. The van der Waals surface area contributed by atoms with Gasteiger partial charge in [0, 0.05) is 15.7 Å². The molecule has 1 fully saturated rings. The Morgan fingerprint density at radius 1 is 1.40 bits per heavy atom. The van der Waals surface area contributed by atoms with Gasteiger partial charge in [-0.2, -0.15) is 11.3 Å². The first-order chi connectivity index (χ1) is 9.66. The summed E-state index contributed by atoms with van der Waals surface area (Å²) in [4.78, 5) is 14.7. The van der Waals surface area contributed by atoms with Crippen LogP contribution in [0.3, 0.4) is 0 Å². The van der Waals surface area contributed by atoms with Gasteiger partial charge in [-0.05, 0) is 76.0 Å². The van der Waals surface area contributed by atoms with Crippen LogP contribution in [0.5, 0.6) is 0 Å². The number of carbonyl (C=O) groups excluding carboxylic acids is 1. The van der Waals surface area contributed by atoms with E-state index in [1.54, 1.807) is 17.4 Å². The Hall–Kier alpha value is -0.590. The van der Waals surface area contributed by atoms with Crippen LogP contribution in [0.2, 0.25) is 5.02 Å². The lowest BCUT2D eigenvalue weighted by Crippen LogP contribution is -2.30. The molecule has 5 heteroatoms. The van der Waals surface area contributed by atoms with E-state index < -0.39 is 0 Å². The van der Waals surface area contributed by atoms with E-state index in [1.807, 2.05) is 17.0 Å². The Morgan fingerprint density at radius 2 is 2.25 bits per heavy atom. The number of carbonyl (C=O) groups is 1. The number of amides is 1. The van der Waals surface area contributed by atoms with Gasteiger partial charge in [0.05, 0.1) is 11.1 Å². The first-order valence-corrected chi connectivity index (χ1v) is 8.85. The summed E-state index contributed by atoms with van der Waals surface area (Å²) >= 11 is 9.97. The highest BCUT2D eigenvalue weighted by atomic mass is 127. The van der Waals surface area contributed by atoms with E-state index in [-0.39, 0.29) is 11.9 Å². The standard InChI is InChI=1S/C15H13ClINOS/c16-12-8-10(3-4-13(12)17)15(19)18-6-1-2-14(18)11-5-7-20-9-11/h3-5,7-9,14H,1-2,6H2. The van der Waals surface area contributed by atoms with Crippen molar-refractivity contribution in [3.63, 3.8) is 0 Å². The number of hydrogen-bond acceptors (Lipinski definition) is 2. The SMILES string of the molecule is O=C(c1ccc(I)c(Cl)c1)N1CCCC1c1ccsc1. The number of rotatable bonds is 2. The molecule has 3 rings (SSSR count). The third-order valence-corrected chi connectivity index (χ3v) is 5.88. The first-order valence-electron chi connectivity index (χ1n) is 6.45. The lowest BCUT2D eigenvalue weighted by Gasteiger charge is -2.24. The summed E-state index contributed by atoms with van der Waals surface area (Å²) in [5, 5.41) is 4.85. The Kier molecular flexibility index (Phi) is 4.33. The second-order valence-corrected chi connectivity index (χ2v) is 7.19. The van der Waals surface area contributed by atoms with E-state index >= 15 is 0 Å². The van der Waals surface area contributed by atoms with Crippen LogP contribution in [0.25, 0.3) is 0 Å². The molecule has 1 amide bonds. The third-order valence-electron chi connectivity index (χ3n) is 3.61. The fourth-order valence-corrected chi connectivity index (χ4v) is 3.84. The normalized spacial score (nSPS) is 18.5. The first kappa shape index (κ1) is 14.4. The van der Waals surface area contributed by atoms with Gasteiger partial charge in [0.2, 0.25) is 0 Å². The molecule has 2 aromatic rings. The molecule has 1 aromatic carbocycles. The minimum atomic E-state index is 0.0806. The molecule has 20 heavy (non-hydrogen) atoms. The van der Waals surface area contributed by atoms with E-state index in [2.05, 4.69) is 39.4 Å². The maximum absolute atomic E-state index is 12.7. The van der Waals surface area contributed by atoms with Gasteiger partial charge in [-0.3, -0.25) is 4.79 Å². The molecule has 1 aromatic heterocycles. The molecule has 0 spiro atoms. The van der Waals surface area contributed by atoms with Crippen LogP contribution >= 0.6 is 45.5 Å². The van der Waals surface area contributed by atoms with Crippen molar-refractivity contribution in [3.05, 3.63) is 54.7 Å². The van der Waals surface area contributed by atoms with E-state index in [9.17, 15) is 4.79 Å². The van der Waals surface area contributed by atoms with Gasteiger partial charge in [0.25, 0.3) is 5.91 Å². The van der Waals surface area contributed by atoms with Gasteiger partial charge >= 0.3 is 0 Å². The molecule has 1 atom stereocenters. The van der Waals surface area contributed by atoms with Crippen molar-refractivity contribution in [2.24, 2.45) is 0 Å². The predicted octanol–water partition coefficient (Wildman–Crippen LogP) is 4.98. The lowest BCUT2D eigenvalue weighted by molar-refractivity contribution is 0.0736. The third kappa shape index (κ3) is 2.73. The van der Waals surface area contributed by atoms with E-state index in [0.717, 1.165) is 23.0 Å². The topological polar surface area (TPSA) is 20.3 Å². The van der Waals surface area contributed by atoms with Crippen molar-refractivity contribution in [1.82, 2.24) is 4.90 Å². The van der Waals surface area contributed by atoms with Crippen LogP contribution in [0.1, 0.15) is 34.8 Å². The molecule has 1 unspecified atom stereocenters. The molecule has 2 heterocycles. The summed E-state index contributed by atoms with van der Waals surface area (Å²) in [6, 6.07) is 7.85. The number of nitrogens with zero attached hydrogens (tertiary/aromatic N) is 1. The van der Waals surface area contributed by atoms with Gasteiger partial charge < -0.3 is 4.90 Å². The second kappa shape index (κ2) is 6.03. The number of benzene rings is 1.